The highest BCUT2D eigenvalue weighted by Gasteiger charge is 2.25. The number of nitrogens with one attached hydrogen (secondary N) is 1. The lowest BCUT2D eigenvalue weighted by atomic mass is 10.2. The molecule has 9 nitrogen and oxygen atoms in total. The molecular weight excluding hydrogens is 378 g/mol. The first-order valence-corrected chi connectivity index (χ1v) is 10.1. The zero-order valence-corrected chi connectivity index (χ0v) is 16.5. The second kappa shape index (κ2) is 7.87. The van der Waals surface area contributed by atoms with E-state index in [1.165, 1.54) is 8.98 Å². The molecule has 0 radical (unpaired) electrons. The number of sulfonamides is 1. The lowest BCUT2D eigenvalue weighted by Crippen LogP contribution is -2.34. The zero-order chi connectivity index (χ0) is 20.3. The quantitative estimate of drug-likeness (QED) is 0.402. The Morgan fingerprint density at radius 2 is 1.57 bits per heavy atom. The van der Waals surface area contributed by atoms with Gasteiger partial charge in [0.25, 0.3) is 16.0 Å². The van der Waals surface area contributed by atoms with E-state index in [-0.39, 0.29) is 23.8 Å². The van der Waals surface area contributed by atoms with Crippen LogP contribution < -0.4 is 21.4 Å². The summed E-state index contributed by atoms with van der Waals surface area (Å²) in [4.78, 5) is 0.220. The number of aromatic nitrogens is 3. The predicted molar refractivity (Wildman–Crippen MR) is 109 cm³/mol. The first kappa shape index (κ1) is 19.6. The Balaban J connectivity index is 1.96. The molecular formula is C18H23N7O2S. The third-order valence-corrected chi connectivity index (χ3v) is 6.21. The van der Waals surface area contributed by atoms with Gasteiger partial charge in [-0.2, -0.15) is 0 Å². The van der Waals surface area contributed by atoms with Gasteiger partial charge >= 0.3 is 0 Å². The van der Waals surface area contributed by atoms with E-state index in [4.69, 9.17) is 11.7 Å². The second-order valence-electron chi connectivity index (χ2n) is 6.43. The number of hydrogen-bond acceptors (Lipinski definition) is 7. The van der Waals surface area contributed by atoms with Crippen molar-refractivity contribution in [1.82, 2.24) is 14.9 Å². The van der Waals surface area contributed by atoms with Gasteiger partial charge in [0.15, 0.2) is 5.82 Å². The highest BCUT2D eigenvalue weighted by atomic mass is 32.2. The van der Waals surface area contributed by atoms with Gasteiger partial charge in [0.1, 0.15) is 0 Å². The summed E-state index contributed by atoms with van der Waals surface area (Å²) < 4.78 is 29.2. The van der Waals surface area contributed by atoms with Crippen molar-refractivity contribution in [2.45, 2.75) is 25.2 Å². The Labute approximate surface area is 164 Å². The summed E-state index contributed by atoms with van der Waals surface area (Å²) in [7, 11) is -3.77. The standard InChI is InChI=1S/C18H23N7O2S/c1-13-3-7-15(8-4-13)24(12-11-17-22-23-18(21-19)25(17)20)28(26,27)16-9-5-14(2)6-10-16/h3-10H,11-12,19-20H2,1-2H3,(H,21,23). The van der Waals surface area contributed by atoms with Crippen molar-refractivity contribution in [1.29, 1.82) is 0 Å². The number of hydrazine groups is 1. The van der Waals surface area contributed by atoms with Crippen LogP contribution in [-0.4, -0.2) is 29.8 Å². The van der Waals surface area contributed by atoms with Crippen LogP contribution in [0.4, 0.5) is 11.6 Å². The van der Waals surface area contributed by atoms with Crippen LogP contribution in [0.5, 0.6) is 0 Å². The maximum Gasteiger partial charge on any atom is 0.264 e. The van der Waals surface area contributed by atoms with E-state index in [9.17, 15) is 8.42 Å². The fourth-order valence-corrected chi connectivity index (χ4v) is 4.20. The summed E-state index contributed by atoms with van der Waals surface area (Å²) in [5.41, 5.74) is 4.92. The average molecular weight is 401 g/mol. The van der Waals surface area contributed by atoms with Crippen LogP contribution in [0.1, 0.15) is 17.0 Å². The minimum atomic E-state index is -3.77. The molecule has 5 N–H and O–H groups in total. The van der Waals surface area contributed by atoms with Gasteiger partial charge in [-0.05, 0) is 38.1 Å². The molecule has 148 valence electrons. The van der Waals surface area contributed by atoms with Crippen LogP contribution in [0.2, 0.25) is 0 Å². The first-order chi connectivity index (χ1) is 13.3. The highest BCUT2D eigenvalue weighted by molar-refractivity contribution is 7.92. The van der Waals surface area contributed by atoms with E-state index in [1.807, 2.05) is 26.0 Å². The molecule has 2 aromatic carbocycles. The molecule has 0 fully saturated rings. The molecule has 0 unspecified atom stereocenters. The SMILES string of the molecule is Cc1ccc(N(CCc2nnc(NN)n2N)S(=O)(=O)c2ccc(C)cc2)cc1. The van der Waals surface area contributed by atoms with Crippen molar-refractivity contribution in [2.24, 2.45) is 5.84 Å². The molecule has 1 aromatic heterocycles. The molecule has 0 aliphatic heterocycles. The molecule has 0 spiro atoms. The van der Waals surface area contributed by atoms with Crippen LogP contribution >= 0.6 is 0 Å². The fraction of sp³-hybridized carbons (Fsp3) is 0.222. The lowest BCUT2D eigenvalue weighted by molar-refractivity contribution is 0.589. The molecule has 0 saturated heterocycles. The smallest absolute Gasteiger partial charge is 0.264 e. The summed E-state index contributed by atoms with van der Waals surface area (Å²) in [6.45, 7) is 3.99. The third kappa shape index (κ3) is 3.92. The molecule has 3 aromatic rings. The van der Waals surface area contributed by atoms with Crippen molar-refractivity contribution >= 4 is 21.7 Å². The number of rotatable bonds is 7. The van der Waals surface area contributed by atoms with Gasteiger partial charge in [-0.3, -0.25) is 9.73 Å². The molecule has 3 rings (SSSR count). The molecule has 10 heteroatoms. The number of benzene rings is 2. The van der Waals surface area contributed by atoms with E-state index in [1.54, 1.807) is 36.4 Å². The van der Waals surface area contributed by atoms with Crippen LogP contribution in [0.3, 0.4) is 0 Å². The first-order valence-electron chi connectivity index (χ1n) is 8.65. The van der Waals surface area contributed by atoms with E-state index in [0.717, 1.165) is 11.1 Å². The van der Waals surface area contributed by atoms with E-state index in [2.05, 4.69) is 15.6 Å². The van der Waals surface area contributed by atoms with Crippen molar-refractivity contribution in [3.8, 4) is 0 Å². The maximum atomic E-state index is 13.3. The molecule has 1 heterocycles. The van der Waals surface area contributed by atoms with Gasteiger partial charge in [-0.1, -0.05) is 35.4 Å². The Bertz CT molecular complexity index is 1040. The molecule has 0 amide bonds. The predicted octanol–water partition coefficient (Wildman–Crippen LogP) is 1.33. The molecule has 0 aliphatic rings. The average Bonchev–Trinajstić information content (AvgIpc) is 3.03. The van der Waals surface area contributed by atoms with Crippen molar-refractivity contribution in [3.05, 3.63) is 65.5 Å². The monoisotopic (exact) mass is 401 g/mol. The molecule has 0 saturated carbocycles. The third-order valence-electron chi connectivity index (χ3n) is 4.36. The number of hydrogen-bond donors (Lipinski definition) is 3. The second-order valence-corrected chi connectivity index (χ2v) is 8.29. The molecule has 0 bridgehead atoms. The van der Waals surface area contributed by atoms with Gasteiger partial charge < -0.3 is 5.84 Å². The largest absolute Gasteiger partial charge is 0.335 e. The van der Waals surface area contributed by atoms with Gasteiger partial charge in [0, 0.05) is 13.0 Å². The minimum Gasteiger partial charge on any atom is -0.335 e. The van der Waals surface area contributed by atoms with Crippen molar-refractivity contribution in [3.63, 3.8) is 0 Å². The Hall–Kier alpha value is -3.11. The number of nitrogen functional groups attached to an aromatic ring is 2. The number of anilines is 2. The Kier molecular flexibility index (Phi) is 5.52. The summed E-state index contributed by atoms with van der Waals surface area (Å²) in [6, 6.07) is 14.1. The number of aryl methyl sites for hydroxylation is 2. The fourth-order valence-electron chi connectivity index (χ4n) is 2.73. The summed E-state index contributed by atoms with van der Waals surface area (Å²) >= 11 is 0. The summed E-state index contributed by atoms with van der Waals surface area (Å²) in [5, 5.41) is 7.77. The van der Waals surface area contributed by atoms with Gasteiger partial charge in [0.2, 0.25) is 0 Å². The number of nitrogens with two attached hydrogens (primary N) is 2. The highest BCUT2D eigenvalue weighted by Crippen LogP contribution is 2.25. The lowest BCUT2D eigenvalue weighted by Gasteiger charge is -2.24. The van der Waals surface area contributed by atoms with Crippen molar-refractivity contribution in [2.75, 3.05) is 22.1 Å². The normalized spacial score (nSPS) is 11.4. The van der Waals surface area contributed by atoms with Gasteiger partial charge in [-0.15, -0.1) is 10.2 Å². The molecule has 0 atom stereocenters. The molecule has 28 heavy (non-hydrogen) atoms. The number of nitrogens with zero attached hydrogens (tertiary/aromatic N) is 4. The van der Waals surface area contributed by atoms with Crippen LogP contribution in [0.25, 0.3) is 0 Å². The minimum absolute atomic E-state index is 0.138. The summed E-state index contributed by atoms with van der Waals surface area (Å²) in [6.07, 6.45) is 0.254. The van der Waals surface area contributed by atoms with Crippen LogP contribution in [-0.2, 0) is 16.4 Å². The zero-order valence-electron chi connectivity index (χ0n) is 15.7. The van der Waals surface area contributed by atoms with Crippen molar-refractivity contribution < 1.29 is 8.42 Å². The van der Waals surface area contributed by atoms with E-state index >= 15 is 0 Å². The van der Waals surface area contributed by atoms with E-state index in [0.29, 0.717) is 11.5 Å². The van der Waals surface area contributed by atoms with Crippen LogP contribution in [0, 0.1) is 13.8 Å². The Morgan fingerprint density at radius 3 is 2.11 bits per heavy atom. The summed E-state index contributed by atoms with van der Waals surface area (Å²) in [5.74, 6) is 11.8. The van der Waals surface area contributed by atoms with E-state index < -0.39 is 10.0 Å². The Morgan fingerprint density at radius 1 is 1.00 bits per heavy atom. The maximum absolute atomic E-state index is 13.3. The molecule has 0 aliphatic carbocycles. The van der Waals surface area contributed by atoms with Crippen LogP contribution in [0.15, 0.2) is 53.4 Å². The van der Waals surface area contributed by atoms with Gasteiger partial charge in [0.05, 0.1) is 10.6 Å². The van der Waals surface area contributed by atoms with Gasteiger partial charge in [-0.25, -0.2) is 18.9 Å². The topological polar surface area (TPSA) is 132 Å².